The van der Waals surface area contributed by atoms with Crippen LogP contribution >= 0.6 is 0 Å². The van der Waals surface area contributed by atoms with Crippen LogP contribution in [0.5, 0.6) is 0 Å². The van der Waals surface area contributed by atoms with Gasteiger partial charge < -0.3 is 0 Å². The molecule has 0 radical (unpaired) electrons. The summed E-state index contributed by atoms with van der Waals surface area (Å²) >= 11 is 0. The van der Waals surface area contributed by atoms with E-state index in [2.05, 4.69) is 37.3 Å². The van der Waals surface area contributed by atoms with Gasteiger partial charge in [0.15, 0.2) is 0 Å². The van der Waals surface area contributed by atoms with Crippen LogP contribution in [0.4, 0.5) is 0 Å². The Hall–Kier alpha value is -0.860. The van der Waals surface area contributed by atoms with Gasteiger partial charge in [-0.15, -0.1) is 5.10 Å². The normalized spacial score (nSPS) is 11.3. The van der Waals surface area contributed by atoms with E-state index in [4.69, 9.17) is 0 Å². The van der Waals surface area contributed by atoms with Crippen LogP contribution in [-0.2, 0) is 6.42 Å². The molecule has 1 aromatic rings. The van der Waals surface area contributed by atoms with Gasteiger partial charge in [0.25, 0.3) is 0 Å². The summed E-state index contributed by atoms with van der Waals surface area (Å²) in [6, 6.07) is 0.421. The molecule has 0 aliphatic rings. The van der Waals surface area contributed by atoms with Crippen LogP contribution < -0.4 is 0 Å². The molecule has 0 amide bonds. The number of rotatable bonds is 10. The number of hydrogen-bond donors (Lipinski definition) is 0. The van der Waals surface area contributed by atoms with Gasteiger partial charge in [-0.25, -0.2) is 4.68 Å². The molecule has 0 N–H and O–H groups in total. The van der Waals surface area contributed by atoms with Gasteiger partial charge >= 0.3 is 0 Å². The Morgan fingerprint density at radius 3 is 2.17 bits per heavy atom. The fourth-order valence-electron chi connectivity index (χ4n) is 2.12. The van der Waals surface area contributed by atoms with Gasteiger partial charge in [0.05, 0.1) is 5.69 Å². The van der Waals surface area contributed by atoms with Crippen molar-refractivity contribution in [1.29, 1.82) is 0 Å². The maximum atomic E-state index is 4.21. The Bertz CT molecular complexity index is 304. The van der Waals surface area contributed by atoms with Crippen molar-refractivity contribution in [3.8, 4) is 0 Å². The predicted octanol–water partition coefficient (Wildman–Crippen LogP) is 4.54. The zero-order valence-corrected chi connectivity index (χ0v) is 12.4. The van der Waals surface area contributed by atoms with Crippen molar-refractivity contribution in [2.24, 2.45) is 0 Å². The molecule has 1 aromatic heterocycles. The molecule has 0 saturated carbocycles. The molecule has 0 spiro atoms. The van der Waals surface area contributed by atoms with E-state index < -0.39 is 0 Å². The summed E-state index contributed by atoms with van der Waals surface area (Å²) in [5, 5.41) is 8.34. The Kier molecular flexibility index (Phi) is 7.70. The first kappa shape index (κ1) is 15.2. The second-order valence-electron chi connectivity index (χ2n) is 5.51. The third kappa shape index (κ3) is 6.18. The van der Waals surface area contributed by atoms with Crippen LogP contribution in [0.15, 0.2) is 6.20 Å². The molecule has 0 saturated heterocycles. The SMILES string of the molecule is CCCCCCCCCCc1cn(C(C)C)nn1. The van der Waals surface area contributed by atoms with Gasteiger partial charge in [-0.05, 0) is 26.7 Å². The van der Waals surface area contributed by atoms with E-state index >= 15 is 0 Å². The largest absolute Gasteiger partial charge is 0.250 e. The van der Waals surface area contributed by atoms with Crippen molar-refractivity contribution in [2.45, 2.75) is 84.6 Å². The van der Waals surface area contributed by atoms with Gasteiger partial charge in [-0.2, -0.15) is 0 Å². The minimum absolute atomic E-state index is 0.421. The fourth-order valence-corrected chi connectivity index (χ4v) is 2.12. The smallest absolute Gasteiger partial charge is 0.0827 e. The quantitative estimate of drug-likeness (QED) is 0.571. The Morgan fingerprint density at radius 1 is 1.00 bits per heavy atom. The van der Waals surface area contributed by atoms with Crippen molar-refractivity contribution < 1.29 is 0 Å². The zero-order chi connectivity index (χ0) is 13.2. The first-order valence-electron chi connectivity index (χ1n) is 7.64. The summed E-state index contributed by atoms with van der Waals surface area (Å²) < 4.78 is 1.94. The standard InChI is InChI=1S/C15H29N3/c1-4-5-6-7-8-9-10-11-12-15-13-18(14(2)3)17-16-15/h13-14H,4-12H2,1-3H3. The Labute approximate surface area is 112 Å². The lowest BCUT2D eigenvalue weighted by Gasteiger charge is -2.01. The predicted molar refractivity (Wildman–Crippen MR) is 76.7 cm³/mol. The van der Waals surface area contributed by atoms with Crippen LogP contribution in [0.3, 0.4) is 0 Å². The highest BCUT2D eigenvalue weighted by Crippen LogP contribution is 2.11. The number of nitrogens with zero attached hydrogens (tertiary/aromatic N) is 3. The lowest BCUT2D eigenvalue weighted by Crippen LogP contribution is -2.00. The molecule has 0 unspecified atom stereocenters. The average molecular weight is 251 g/mol. The molecule has 1 rings (SSSR count). The van der Waals surface area contributed by atoms with Crippen LogP contribution in [-0.4, -0.2) is 15.0 Å². The Balaban J connectivity index is 2.00. The number of aromatic nitrogens is 3. The average Bonchev–Trinajstić information content (AvgIpc) is 2.81. The summed E-state index contributed by atoms with van der Waals surface area (Å²) in [4.78, 5) is 0. The van der Waals surface area contributed by atoms with Gasteiger partial charge in [0, 0.05) is 12.2 Å². The summed E-state index contributed by atoms with van der Waals surface area (Å²) in [7, 11) is 0. The first-order valence-corrected chi connectivity index (χ1v) is 7.64. The monoisotopic (exact) mass is 251 g/mol. The number of hydrogen-bond acceptors (Lipinski definition) is 2. The van der Waals surface area contributed by atoms with E-state index in [-0.39, 0.29) is 0 Å². The van der Waals surface area contributed by atoms with Gasteiger partial charge in [0.2, 0.25) is 0 Å². The second-order valence-corrected chi connectivity index (χ2v) is 5.51. The lowest BCUT2D eigenvalue weighted by molar-refractivity contribution is 0.514. The highest BCUT2D eigenvalue weighted by atomic mass is 15.4. The summed E-state index contributed by atoms with van der Waals surface area (Å²) in [5.41, 5.74) is 1.15. The molecule has 0 aromatic carbocycles. The van der Waals surface area contributed by atoms with Crippen molar-refractivity contribution in [2.75, 3.05) is 0 Å². The maximum Gasteiger partial charge on any atom is 0.0827 e. The van der Waals surface area contributed by atoms with Crippen LogP contribution in [0, 0.1) is 0 Å². The molecule has 18 heavy (non-hydrogen) atoms. The van der Waals surface area contributed by atoms with Gasteiger partial charge in [0.1, 0.15) is 0 Å². The number of unbranched alkanes of at least 4 members (excludes halogenated alkanes) is 7. The van der Waals surface area contributed by atoms with E-state index in [9.17, 15) is 0 Å². The van der Waals surface area contributed by atoms with Gasteiger partial charge in [-0.1, -0.05) is 57.1 Å². The van der Waals surface area contributed by atoms with Crippen molar-refractivity contribution in [3.63, 3.8) is 0 Å². The van der Waals surface area contributed by atoms with Gasteiger partial charge in [-0.3, -0.25) is 0 Å². The molecule has 104 valence electrons. The van der Waals surface area contributed by atoms with Crippen LogP contribution in [0.25, 0.3) is 0 Å². The highest BCUT2D eigenvalue weighted by Gasteiger charge is 2.02. The first-order chi connectivity index (χ1) is 8.74. The van der Waals surface area contributed by atoms with E-state index in [1.807, 2.05) is 4.68 Å². The zero-order valence-electron chi connectivity index (χ0n) is 12.4. The maximum absolute atomic E-state index is 4.21. The highest BCUT2D eigenvalue weighted by molar-refractivity contribution is 4.92. The molecule has 0 bridgehead atoms. The molecular formula is C15H29N3. The molecule has 3 nitrogen and oxygen atoms in total. The molecule has 0 aliphatic heterocycles. The minimum Gasteiger partial charge on any atom is -0.250 e. The van der Waals surface area contributed by atoms with Crippen LogP contribution in [0.1, 0.15) is 83.9 Å². The lowest BCUT2D eigenvalue weighted by atomic mass is 10.1. The summed E-state index contributed by atoms with van der Waals surface area (Å²) in [6.45, 7) is 6.54. The summed E-state index contributed by atoms with van der Waals surface area (Å²) in [5.74, 6) is 0. The summed E-state index contributed by atoms with van der Waals surface area (Å²) in [6.07, 6.45) is 14.1. The fraction of sp³-hybridized carbons (Fsp3) is 0.867. The van der Waals surface area contributed by atoms with Crippen molar-refractivity contribution in [1.82, 2.24) is 15.0 Å². The molecule has 3 heteroatoms. The van der Waals surface area contributed by atoms with Crippen molar-refractivity contribution >= 4 is 0 Å². The second kappa shape index (κ2) is 9.12. The third-order valence-corrected chi connectivity index (χ3v) is 3.37. The Morgan fingerprint density at radius 2 is 1.61 bits per heavy atom. The molecule has 0 fully saturated rings. The molecule has 0 aliphatic carbocycles. The number of aryl methyl sites for hydroxylation is 1. The minimum atomic E-state index is 0.421. The molecule has 0 atom stereocenters. The van der Waals surface area contributed by atoms with E-state index in [0.29, 0.717) is 6.04 Å². The van der Waals surface area contributed by atoms with E-state index in [1.54, 1.807) is 0 Å². The van der Waals surface area contributed by atoms with E-state index in [1.165, 1.54) is 51.4 Å². The van der Waals surface area contributed by atoms with E-state index in [0.717, 1.165) is 12.1 Å². The third-order valence-electron chi connectivity index (χ3n) is 3.37. The molecule has 1 heterocycles. The molecular weight excluding hydrogens is 222 g/mol. The topological polar surface area (TPSA) is 30.7 Å². The van der Waals surface area contributed by atoms with Crippen molar-refractivity contribution in [3.05, 3.63) is 11.9 Å². The van der Waals surface area contributed by atoms with Crippen LogP contribution in [0.2, 0.25) is 0 Å².